The number of carbonyl (C=O) groups is 1. The number of hydrogen-bond donors (Lipinski definition) is 2. The Labute approximate surface area is 117 Å². The Kier molecular flexibility index (Phi) is 4.44. The van der Waals surface area contributed by atoms with E-state index in [0.29, 0.717) is 18.5 Å². The van der Waals surface area contributed by atoms with E-state index in [0.717, 1.165) is 24.0 Å². The summed E-state index contributed by atoms with van der Waals surface area (Å²) in [5.74, 6) is 0.341. The lowest BCUT2D eigenvalue weighted by Gasteiger charge is -2.22. The van der Waals surface area contributed by atoms with E-state index < -0.39 is 9.84 Å². The predicted octanol–water partition coefficient (Wildman–Crippen LogP) is -0.425. The van der Waals surface area contributed by atoms with Crippen molar-refractivity contribution < 1.29 is 22.8 Å². The Bertz CT molecular complexity index is 579. The molecule has 2 N–H and O–H groups in total. The number of aliphatic hydroxyl groups excluding tert-OH is 1. The molecule has 1 amide bonds. The summed E-state index contributed by atoms with van der Waals surface area (Å²) in [5, 5.41) is 15.7. The van der Waals surface area contributed by atoms with Crippen LogP contribution in [0.5, 0.6) is 0 Å². The summed E-state index contributed by atoms with van der Waals surface area (Å²) < 4.78 is 27.1. The smallest absolute Gasteiger partial charge is 0.221 e. The number of aryl methyl sites for hydroxylation is 1. The largest absolute Gasteiger partial charge is 0.390 e. The topological polar surface area (TPSA) is 110 Å². The molecule has 1 aromatic rings. The van der Waals surface area contributed by atoms with E-state index in [4.69, 9.17) is 9.63 Å². The van der Waals surface area contributed by atoms with Crippen molar-refractivity contribution in [2.45, 2.75) is 38.3 Å². The molecule has 0 saturated heterocycles. The molecule has 1 aliphatic rings. The van der Waals surface area contributed by atoms with Crippen molar-refractivity contribution in [1.82, 2.24) is 10.5 Å². The average Bonchev–Trinajstić information content (AvgIpc) is 2.78. The van der Waals surface area contributed by atoms with Gasteiger partial charge in [-0.05, 0) is 12.8 Å². The molecule has 0 fully saturated rings. The van der Waals surface area contributed by atoms with Gasteiger partial charge >= 0.3 is 0 Å². The highest BCUT2D eigenvalue weighted by Gasteiger charge is 2.26. The first-order valence-corrected chi connectivity index (χ1v) is 8.49. The van der Waals surface area contributed by atoms with E-state index in [-0.39, 0.29) is 30.7 Å². The zero-order chi connectivity index (χ0) is 14.8. The number of aromatic nitrogens is 1. The van der Waals surface area contributed by atoms with Crippen molar-refractivity contribution in [2.24, 2.45) is 0 Å². The third-order valence-electron chi connectivity index (χ3n) is 3.34. The molecule has 0 bridgehead atoms. The molecule has 1 unspecified atom stereocenters. The standard InChI is InChI=1S/C12H18N2O5S/c1-20(17,18)5-4-12(16)13-8-2-3-11-9(6-8)10(7-15)14-19-11/h8,15H,2-7H2,1H3,(H,13,16). The summed E-state index contributed by atoms with van der Waals surface area (Å²) in [6.45, 7) is -0.187. The summed E-state index contributed by atoms with van der Waals surface area (Å²) >= 11 is 0. The number of fused-ring (bicyclic) bond motifs is 1. The van der Waals surface area contributed by atoms with Gasteiger partial charge in [0.25, 0.3) is 0 Å². The molecule has 0 radical (unpaired) electrons. The van der Waals surface area contributed by atoms with Gasteiger partial charge in [-0.25, -0.2) is 8.42 Å². The number of nitrogens with zero attached hydrogens (tertiary/aromatic N) is 1. The normalized spacial score (nSPS) is 18.6. The van der Waals surface area contributed by atoms with Gasteiger partial charge in [0.2, 0.25) is 5.91 Å². The molecule has 8 heteroatoms. The van der Waals surface area contributed by atoms with Gasteiger partial charge in [-0.1, -0.05) is 5.16 Å². The van der Waals surface area contributed by atoms with Gasteiger partial charge in [0, 0.05) is 30.7 Å². The molecule has 20 heavy (non-hydrogen) atoms. The van der Waals surface area contributed by atoms with Crippen LogP contribution in [-0.4, -0.2) is 42.6 Å². The molecule has 0 spiro atoms. The fraction of sp³-hybridized carbons (Fsp3) is 0.667. The lowest BCUT2D eigenvalue weighted by atomic mass is 9.92. The molecule has 0 aromatic carbocycles. The molecule has 0 saturated carbocycles. The SMILES string of the molecule is CS(=O)(=O)CCC(=O)NC1CCc2onc(CO)c2C1. The Hall–Kier alpha value is -1.41. The third-order valence-corrected chi connectivity index (χ3v) is 4.28. The van der Waals surface area contributed by atoms with Crippen LogP contribution in [0, 0.1) is 0 Å². The highest BCUT2D eigenvalue weighted by atomic mass is 32.2. The van der Waals surface area contributed by atoms with E-state index in [1.54, 1.807) is 0 Å². The van der Waals surface area contributed by atoms with E-state index in [1.807, 2.05) is 0 Å². The molecule has 0 aliphatic heterocycles. The number of sulfone groups is 1. The second-order valence-corrected chi connectivity index (χ2v) is 7.34. The van der Waals surface area contributed by atoms with Crippen LogP contribution in [0.4, 0.5) is 0 Å². The summed E-state index contributed by atoms with van der Waals surface area (Å²) in [7, 11) is -3.13. The Morgan fingerprint density at radius 2 is 2.30 bits per heavy atom. The Balaban J connectivity index is 1.91. The van der Waals surface area contributed by atoms with Gasteiger partial charge in [0.1, 0.15) is 21.3 Å². The lowest BCUT2D eigenvalue weighted by Crippen LogP contribution is -2.39. The van der Waals surface area contributed by atoms with E-state index >= 15 is 0 Å². The first-order chi connectivity index (χ1) is 9.39. The first kappa shape index (κ1) is 15.0. The lowest BCUT2D eigenvalue weighted by molar-refractivity contribution is -0.121. The fourth-order valence-corrected chi connectivity index (χ4v) is 2.84. The van der Waals surface area contributed by atoms with Gasteiger partial charge in [-0.2, -0.15) is 0 Å². The third kappa shape index (κ3) is 3.80. The Morgan fingerprint density at radius 1 is 1.55 bits per heavy atom. The van der Waals surface area contributed by atoms with Crippen molar-refractivity contribution >= 4 is 15.7 Å². The zero-order valence-electron chi connectivity index (χ0n) is 11.3. The van der Waals surface area contributed by atoms with E-state index in [1.165, 1.54) is 0 Å². The minimum atomic E-state index is -3.13. The van der Waals surface area contributed by atoms with Gasteiger partial charge in [0.05, 0.1) is 12.4 Å². The van der Waals surface area contributed by atoms with Crippen molar-refractivity contribution in [3.8, 4) is 0 Å². The first-order valence-electron chi connectivity index (χ1n) is 6.43. The minimum Gasteiger partial charge on any atom is -0.390 e. The maximum Gasteiger partial charge on any atom is 0.221 e. The van der Waals surface area contributed by atoms with Crippen molar-refractivity contribution in [3.63, 3.8) is 0 Å². The maximum atomic E-state index is 11.7. The number of rotatable bonds is 5. The van der Waals surface area contributed by atoms with Crippen LogP contribution in [-0.2, 0) is 34.1 Å². The van der Waals surface area contributed by atoms with Crippen molar-refractivity contribution in [3.05, 3.63) is 17.0 Å². The highest BCUT2D eigenvalue weighted by Crippen LogP contribution is 2.24. The molecule has 1 heterocycles. The highest BCUT2D eigenvalue weighted by molar-refractivity contribution is 7.90. The number of carbonyl (C=O) groups excluding carboxylic acids is 1. The number of aliphatic hydroxyl groups is 1. The van der Waals surface area contributed by atoms with Crippen LogP contribution in [0.15, 0.2) is 4.52 Å². The minimum absolute atomic E-state index is 0.0291. The predicted molar refractivity (Wildman–Crippen MR) is 70.7 cm³/mol. The molecule has 112 valence electrons. The van der Waals surface area contributed by atoms with Crippen LogP contribution in [0.2, 0.25) is 0 Å². The van der Waals surface area contributed by atoms with Gasteiger partial charge in [-0.15, -0.1) is 0 Å². The molecule has 1 atom stereocenters. The second-order valence-electron chi connectivity index (χ2n) is 5.08. The van der Waals surface area contributed by atoms with Crippen LogP contribution in [0.3, 0.4) is 0 Å². The number of hydrogen-bond acceptors (Lipinski definition) is 6. The summed E-state index contributed by atoms with van der Waals surface area (Å²) in [6.07, 6.45) is 3.01. The molecule has 1 aliphatic carbocycles. The fourth-order valence-electron chi connectivity index (χ4n) is 2.29. The molecule has 1 aromatic heterocycles. The van der Waals surface area contributed by atoms with Crippen LogP contribution in [0.25, 0.3) is 0 Å². The van der Waals surface area contributed by atoms with Crippen molar-refractivity contribution in [2.75, 3.05) is 12.0 Å². The quantitative estimate of drug-likeness (QED) is 0.764. The monoisotopic (exact) mass is 302 g/mol. The summed E-state index contributed by atoms with van der Waals surface area (Å²) in [5.41, 5.74) is 1.36. The van der Waals surface area contributed by atoms with Crippen LogP contribution < -0.4 is 5.32 Å². The van der Waals surface area contributed by atoms with Gasteiger partial charge in [-0.3, -0.25) is 4.79 Å². The van der Waals surface area contributed by atoms with Gasteiger partial charge in [0.15, 0.2) is 0 Å². The van der Waals surface area contributed by atoms with Crippen LogP contribution in [0.1, 0.15) is 29.9 Å². The molecule has 2 rings (SSSR count). The van der Waals surface area contributed by atoms with Crippen molar-refractivity contribution in [1.29, 1.82) is 0 Å². The molecular formula is C12H18N2O5S. The summed E-state index contributed by atoms with van der Waals surface area (Å²) in [6, 6.07) is -0.0701. The number of amides is 1. The average molecular weight is 302 g/mol. The Morgan fingerprint density at radius 3 is 2.95 bits per heavy atom. The van der Waals surface area contributed by atoms with Gasteiger partial charge < -0.3 is 14.9 Å². The second kappa shape index (κ2) is 5.92. The van der Waals surface area contributed by atoms with E-state index in [9.17, 15) is 13.2 Å². The zero-order valence-corrected chi connectivity index (χ0v) is 12.1. The number of nitrogens with one attached hydrogen (secondary N) is 1. The molecular weight excluding hydrogens is 284 g/mol. The summed E-state index contributed by atoms with van der Waals surface area (Å²) in [4.78, 5) is 11.7. The molecule has 7 nitrogen and oxygen atoms in total. The van der Waals surface area contributed by atoms with E-state index in [2.05, 4.69) is 10.5 Å². The maximum absolute atomic E-state index is 11.7. The van der Waals surface area contributed by atoms with Crippen LogP contribution >= 0.6 is 0 Å².